The lowest BCUT2D eigenvalue weighted by Gasteiger charge is -2.29. The first-order chi connectivity index (χ1) is 25.1. The standard InChI is InChI=1S/C49H36N2/c1-49(2)43-22-12-9-21-41(43)48-42-31-36(27-25-34(42)26-30-44(48)49)50(45-23-13-10-19-38(45)33-15-5-3-6-16-33)37-28-29-40-39-20-11-14-24-46(39)51(47(40)32-37)35-17-7-4-8-18-35/h3-32H,1-2H3. The van der Waals surface area contributed by atoms with E-state index in [4.69, 9.17) is 0 Å². The maximum Gasteiger partial charge on any atom is 0.0561 e. The van der Waals surface area contributed by atoms with Gasteiger partial charge in [0, 0.05) is 38.8 Å². The zero-order valence-corrected chi connectivity index (χ0v) is 28.7. The van der Waals surface area contributed by atoms with Gasteiger partial charge in [-0.3, -0.25) is 0 Å². The summed E-state index contributed by atoms with van der Waals surface area (Å²) in [5.74, 6) is 0. The van der Waals surface area contributed by atoms with Crippen molar-refractivity contribution in [1.29, 1.82) is 0 Å². The third-order valence-electron chi connectivity index (χ3n) is 11.0. The molecule has 0 atom stereocenters. The van der Waals surface area contributed by atoms with E-state index in [2.05, 4.69) is 205 Å². The highest BCUT2D eigenvalue weighted by Crippen LogP contribution is 2.52. The van der Waals surface area contributed by atoms with Crippen LogP contribution in [0.2, 0.25) is 0 Å². The van der Waals surface area contributed by atoms with Crippen molar-refractivity contribution >= 4 is 49.6 Å². The SMILES string of the molecule is CC1(C)c2ccccc2-c2c1ccc1ccc(N(c3ccc4c5ccccc5n(-c5ccccc5)c4c3)c3ccccc3-c3ccccc3)cc21. The minimum Gasteiger partial charge on any atom is -0.310 e. The molecule has 1 aliphatic carbocycles. The number of para-hydroxylation sites is 3. The molecule has 51 heavy (non-hydrogen) atoms. The molecule has 8 aromatic carbocycles. The van der Waals surface area contributed by atoms with Gasteiger partial charge in [-0.15, -0.1) is 0 Å². The van der Waals surface area contributed by atoms with Crippen LogP contribution in [-0.2, 0) is 5.41 Å². The molecule has 1 aromatic heterocycles. The van der Waals surface area contributed by atoms with Gasteiger partial charge in [0.1, 0.15) is 0 Å². The van der Waals surface area contributed by atoms with Crippen LogP contribution in [0, 0.1) is 0 Å². The maximum absolute atomic E-state index is 2.46. The molecule has 0 aliphatic heterocycles. The molecule has 0 radical (unpaired) electrons. The number of aromatic nitrogens is 1. The van der Waals surface area contributed by atoms with E-state index in [-0.39, 0.29) is 5.41 Å². The Morgan fingerprint density at radius 3 is 1.92 bits per heavy atom. The quantitative estimate of drug-likeness (QED) is 0.180. The Kier molecular flexibility index (Phi) is 6.56. The Bertz CT molecular complexity index is 2770. The van der Waals surface area contributed by atoms with Crippen LogP contribution in [0.25, 0.3) is 60.5 Å². The van der Waals surface area contributed by atoms with Crippen LogP contribution in [0.1, 0.15) is 25.0 Å². The van der Waals surface area contributed by atoms with Crippen molar-refractivity contribution in [2.75, 3.05) is 4.90 Å². The molecule has 0 N–H and O–H groups in total. The zero-order valence-electron chi connectivity index (χ0n) is 28.7. The molecule has 0 saturated heterocycles. The van der Waals surface area contributed by atoms with Crippen molar-refractivity contribution in [3.05, 3.63) is 193 Å². The number of fused-ring (bicyclic) bond motifs is 8. The van der Waals surface area contributed by atoms with Crippen molar-refractivity contribution in [1.82, 2.24) is 4.57 Å². The molecule has 0 unspecified atom stereocenters. The smallest absolute Gasteiger partial charge is 0.0561 e. The lowest BCUT2D eigenvalue weighted by molar-refractivity contribution is 0.661. The first kappa shape index (κ1) is 29.5. The van der Waals surface area contributed by atoms with Crippen LogP contribution in [0.15, 0.2) is 182 Å². The zero-order chi connectivity index (χ0) is 34.1. The second-order valence-electron chi connectivity index (χ2n) is 14.2. The van der Waals surface area contributed by atoms with E-state index in [1.54, 1.807) is 0 Å². The van der Waals surface area contributed by atoms with E-state index in [9.17, 15) is 0 Å². The molecule has 0 amide bonds. The predicted octanol–water partition coefficient (Wildman–Crippen LogP) is 13.4. The molecule has 0 bridgehead atoms. The fraction of sp³-hybridized carbons (Fsp3) is 0.0612. The summed E-state index contributed by atoms with van der Waals surface area (Å²) in [4.78, 5) is 2.46. The predicted molar refractivity (Wildman–Crippen MR) is 216 cm³/mol. The Hall–Kier alpha value is -6.38. The van der Waals surface area contributed by atoms with Crippen LogP contribution in [0.3, 0.4) is 0 Å². The van der Waals surface area contributed by atoms with Crippen LogP contribution in [0.4, 0.5) is 17.1 Å². The molecular formula is C49H36N2. The summed E-state index contributed by atoms with van der Waals surface area (Å²) in [6, 6.07) is 66.6. The van der Waals surface area contributed by atoms with E-state index in [1.807, 2.05) is 0 Å². The molecule has 10 rings (SSSR count). The number of benzene rings is 8. The molecule has 2 nitrogen and oxygen atoms in total. The van der Waals surface area contributed by atoms with E-state index in [0.29, 0.717) is 0 Å². The molecular weight excluding hydrogens is 617 g/mol. The van der Waals surface area contributed by atoms with Crippen molar-refractivity contribution in [2.24, 2.45) is 0 Å². The highest BCUT2D eigenvalue weighted by atomic mass is 15.1. The minimum absolute atomic E-state index is 0.0639. The highest BCUT2D eigenvalue weighted by Gasteiger charge is 2.36. The minimum atomic E-state index is -0.0639. The van der Waals surface area contributed by atoms with Gasteiger partial charge in [-0.2, -0.15) is 0 Å². The van der Waals surface area contributed by atoms with E-state index in [0.717, 1.165) is 22.7 Å². The highest BCUT2D eigenvalue weighted by molar-refractivity contribution is 6.11. The molecule has 9 aromatic rings. The Labute approximate surface area is 298 Å². The average molecular weight is 653 g/mol. The molecule has 1 aliphatic rings. The first-order valence-corrected chi connectivity index (χ1v) is 17.8. The fourth-order valence-corrected chi connectivity index (χ4v) is 8.56. The lowest BCUT2D eigenvalue weighted by atomic mass is 9.82. The Morgan fingerprint density at radius 2 is 1.08 bits per heavy atom. The van der Waals surface area contributed by atoms with Gasteiger partial charge < -0.3 is 9.47 Å². The van der Waals surface area contributed by atoms with Gasteiger partial charge in [-0.1, -0.05) is 147 Å². The number of nitrogens with zero attached hydrogens (tertiary/aromatic N) is 2. The van der Waals surface area contributed by atoms with E-state index in [1.165, 1.54) is 66.0 Å². The normalized spacial score (nSPS) is 13.1. The third kappa shape index (κ3) is 4.50. The monoisotopic (exact) mass is 652 g/mol. The Balaban J connectivity index is 1.27. The number of anilines is 3. The molecule has 0 saturated carbocycles. The van der Waals surface area contributed by atoms with Crippen molar-refractivity contribution in [2.45, 2.75) is 19.3 Å². The van der Waals surface area contributed by atoms with Crippen LogP contribution >= 0.6 is 0 Å². The van der Waals surface area contributed by atoms with Crippen molar-refractivity contribution < 1.29 is 0 Å². The van der Waals surface area contributed by atoms with Crippen molar-refractivity contribution in [3.63, 3.8) is 0 Å². The van der Waals surface area contributed by atoms with Crippen molar-refractivity contribution in [3.8, 4) is 27.9 Å². The van der Waals surface area contributed by atoms with Gasteiger partial charge in [-0.05, 0) is 87.1 Å². The van der Waals surface area contributed by atoms with Gasteiger partial charge >= 0.3 is 0 Å². The summed E-state index contributed by atoms with van der Waals surface area (Å²) in [6.07, 6.45) is 0. The van der Waals surface area contributed by atoms with Gasteiger partial charge in [0.05, 0.1) is 16.7 Å². The number of rotatable bonds is 5. The lowest BCUT2D eigenvalue weighted by Crippen LogP contribution is -2.14. The molecule has 242 valence electrons. The maximum atomic E-state index is 2.46. The average Bonchev–Trinajstić information content (AvgIpc) is 3.64. The summed E-state index contributed by atoms with van der Waals surface area (Å²) >= 11 is 0. The summed E-state index contributed by atoms with van der Waals surface area (Å²) in [6.45, 7) is 4.72. The van der Waals surface area contributed by atoms with Crippen LogP contribution in [-0.4, -0.2) is 4.57 Å². The summed E-state index contributed by atoms with van der Waals surface area (Å²) < 4.78 is 2.40. The van der Waals surface area contributed by atoms with Crippen LogP contribution in [0.5, 0.6) is 0 Å². The number of hydrogen-bond donors (Lipinski definition) is 0. The molecule has 2 heteroatoms. The summed E-state index contributed by atoms with van der Waals surface area (Å²) in [7, 11) is 0. The van der Waals surface area contributed by atoms with E-state index < -0.39 is 0 Å². The Morgan fingerprint density at radius 1 is 0.451 bits per heavy atom. The van der Waals surface area contributed by atoms with Gasteiger partial charge in [0.2, 0.25) is 0 Å². The largest absolute Gasteiger partial charge is 0.310 e. The molecule has 1 heterocycles. The van der Waals surface area contributed by atoms with E-state index >= 15 is 0 Å². The third-order valence-corrected chi connectivity index (χ3v) is 11.0. The first-order valence-electron chi connectivity index (χ1n) is 17.8. The second kappa shape index (κ2) is 11.3. The van der Waals surface area contributed by atoms with Crippen LogP contribution < -0.4 is 4.90 Å². The second-order valence-corrected chi connectivity index (χ2v) is 14.2. The van der Waals surface area contributed by atoms with Gasteiger partial charge in [0.25, 0.3) is 0 Å². The summed E-state index contributed by atoms with van der Waals surface area (Å²) in [5.41, 5.74) is 14.7. The van der Waals surface area contributed by atoms with Gasteiger partial charge in [0.15, 0.2) is 0 Å². The topological polar surface area (TPSA) is 8.17 Å². The molecule has 0 fully saturated rings. The number of hydrogen-bond acceptors (Lipinski definition) is 1. The van der Waals surface area contributed by atoms with Gasteiger partial charge in [-0.25, -0.2) is 0 Å². The summed E-state index contributed by atoms with van der Waals surface area (Å²) in [5, 5.41) is 5.03. The molecule has 0 spiro atoms. The fourth-order valence-electron chi connectivity index (χ4n) is 8.56.